The minimum absolute atomic E-state index is 0.0736. The molecule has 2 aromatic rings. The van der Waals surface area contributed by atoms with Crippen molar-refractivity contribution in [1.29, 1.82) is 0 Å². The number of nitrogens with one attached hydrogen (secondary N) is 1. The Hall–Kier alpha value is -3.02. The number of fused-ring (bicyclic) bond motifs is 1. The Morgan fingerprint density at radius 2 is 1.69 bits per heavy atom. The first kappa shape index (κ1) is 22.2. The standard InChI is InChI=1S/C26H33N3O3/c1-3-28(4-2)24(30)18-20-19-26(32-23-13-9-8-12-22(20)23)14-16-29(17-15-26)25(31)27-21-10-6-5-7-11-21/h5-13,20H,3-4,14-19H2,1-2H3,(H,27,31)/t20-/m1/s1. The average Bonchev–Trinajstić information content (AvgIpc) is 2.81. The zero-order chi connectivity index (χ0) is 22.6. The number of carbonyl (C=O) groups is 2. The molecule has 1 saturated heterocycles. The molecule has 0 unspecified atom stereocenters. The van der Waals surface area contributed by atoms with Gasteiger partial charge in [0, 0.05) is 57.0 Å². The van der Waals surface area contributed by atoms with Gasteiger partial charge in [-0.3, -0.25) is 4.79 Å². The van der Waals surface area contributed by atoms with Crippen molar-refractivity contribution >= 4 is 17.6 Å². The highest BCUT2D eigenvalue weighted by Crippen LogP contribution is 2.46. The number of amides is 3. The maximum Gasteiger partial charge on any atom is 0.321 e. The molecule has 32 heavy (non-hydrogen) atoms. The third-order valence-electron chi connectivity index (χ3n) is 6.83. The third kappa shape index (κ3) is 4.74. The second-order valence-electron chi connectivity index (χ2n) is 8.78. The molecule has 1 atom stereocenters. The van der Waals surface area contributed by atoms with Crippen LogP contribution in [0.3, 0.4) is 0 Å². The van der Waals surface area contributed by atoms with Gasteiger partial charge in [-0.1, -0.05) is 36.4 Å². The summed E-state index contributed by atoms with van der Waals surface area (Å²) in [5, 5.41) is 2.97. The highest BCUT2D eigenvalue weighted by Gasteiger charge is 2.44. The van der Waals surface area contributed by atoms with Gasteiger partial charge < -0.3 is 19.9 Å². The number of ether oxygens (including phenoxy) is 1. The van der Waals surface area contributed by atoms with Crippen LogP contribution in [0.2, 0.25) is 0 Å². The van der Waals surface area contributed by atoms with Gasteiger partial charge in [-0.05, 0) is 44.0 Å². The lowest BCUT2D eigenvalue weighted by atomic mass is 9.76. The van der Waals surface area contributed by atoms with Crippen molar-refractivity contribution in [2.45, 2.75) is 51.0 Å². The lowest BCUT2D eigenvalue weighted by Crippen LogP contribution is -2.52. The summed E-state index contributed by atoms with van der Waals surface area (Å²) in [5.74, 6) is 1.22. The predicted molar refractivity (Wildman–Crippen MR) is 126 cm³/mol. The number of hydrogen-bond donors (Lipinski definition) is 1. The van der Waals surface area contributed by atoms with Gasteiger partial charge in [0.1, 0.15) is 11.4 Å². The minimum atomic E-state index is -0.327. The fraction of sp³-hybridized carbons (Fsp3) is 0.462. The molecule has 2 aliphatic heterocycles. The molecular formula is C26H33N3O3. The molecule has 0 aliphatic carbocycles. The normalized spacial score (nSPS) is 19.1. The zero-order valence-corrected chi connectivity index (χ0v) is 19.0. The number of likely N-dealkylation sites (tertiary alicyclic amines) is 1. The molecule has 1 spiro atoms. The number of urea groups is 1. The second kappa shape index (κ2) is 9.63. The number of hydrogen-bond acceptors (Lipinski definition) is 3. The van der Waals surface area contributed by atoms with E-state index in [-0.39, 0.29) is 23.5 Å². The number of para-hydroxylation sites is 2. The molecule has 2 heterocycles. The predicted octanol–water partition coefficient (Wildman–Crippen LogP) is 4.88. The molecule has 2 aliphatic rings. The summed E-state index contributed by atoms with van der Waals surface area (Å²) in [5.41, 5.74) is 1.60. The average molecular weight is 436 g/mol. The first-order valence-corrected chi connectivity index (χ1v) is 11.7. The van der Waals surface area contributed by atoms with Crippen LogP contribution < -0.4 is 10.1 Å². The molecule has 4 rings (SSSR count). The Labute approximate surface area is 190 Å². The number of benzene rings is 2. The van der Waals surface area contributed by atoms with Crippen LogP contribution in [0.15, 0.2) is 54.6 Å². The van der Waals surface area contributed by atoms with Gasteiger partial charge in [0.15, 0.2) is 0 Å². The number of piperidine rings is 1. The van der Waals surface area contributed by atoms with Crippen LogP contribution in [0.25, 0.3) is 0 Å². The van der Waals surface area contributed by atoms with E-state index in [0.29, 0.717) is 19.5 Å². The van der Waals surface area contributed by atoms with Gasteiger partial charge in [0.25, 0.3) is 0 Å². The van der Waals surface area contributed by atoms with Crippen LogP contribution >= 0.6 is 0 Å². The number of carbonyl (C=O) groups excluding carboxylic acids is 2. The van der Waals surface area contributed by atoms with E-state index < -0.39 is 0 Å². The van der Waals surface area contributed by atoms with Crippen LogP contribution in [-0.2, 0) is 4.79 Å². The number of rotatable bonds is 5. The van der Waals surface area contributed by atoms with Crippen LogP contribution in [0, 0.1) is 0 Å². The lowest BCUT2D eigenvalue weighted by Gasteiger charge is -2.47. The van der Waals surface area contributed by atoms with Crippen molar-refractivity contribution in [1.82, 2.24) is 9.80 Å². The van der Waals surface area contributed by atoms with E-state index in [1.54, 1.807) is 0 Å². The Bertz CT molecular complexity index is 934. The van der Waals surface area contributed by atoms with Gasteiger partial charge in [-0.25, -0.2) is 4.79 Å². The van der Waals surface area contributed by atoms with Gasteiger partial charge in [-0.2, -0.15) is 0 Å². The van der Waals surface area contributed by atoms with E-state index in [4.69, 9.17) is 4.74 Å². The molecule has 6 nitrogen and oxygen atoms in total. The van der Waals surface area contributed by atoms with Crippen LogP contribution in [0.1, 0.15) is 51.0 Å². The fourth-order valence-corrected chi connectivity index (χ4v) is 4.99. The van der Waals surface area contributed by atoms with Crippen molar-refractivity contribution in [3.8, 4) is 5.75 Å². The highest BCUT2D eigenvalue weighted by atomic mass is 16.5. The summed E-state index contributed by atoms with van der Waals surface area (Å²) in [4.78, 5) is 29.4. The molecule has 170 valence electrons. The molecule has 2 aromatic carbocycles. The van der Waals surface area contributed by atoms with Gasteiger partial charge in [0.05, 0.1) is 0 Å². The van der Waals surface area contributed by atoms with Crippen molar-refractivity contribution in [3.05, 3.63) is 60.2 Å². The van der Waals surface area contributed by atoms with Crippen molar-refractivity contribution in [2.75, 3.05) is 31.5 Å². The first-order chi connectivity index (χ1) is 15.5. The van der Waals surface area contributed by atoms with Crippen molar-refractivity contribution in [3.63, 3.8) is 0 Å². The molecule has 0 bridgehead atoms. The summed E-state index contributed by atoms with van der Waals surface area (Å²) < 4.78 is 6.55. The Morgan fingerprint density at radius 1 is 1.03 bits per heavy atom. The molecule has 6 heteroatoms. The first-order valence-electron chi connectivity index (χ1n) is 11.7. The number of nitrogens with zero attached hydrogens (tertiary/aromatic N) is 2. The number of anilines is 1. The molecule has 0 radical (unpaired) electrons. The second-order valence-corrected chi connectivity index (χ2v) is 8.78. The largest absolute Gasteiger partial charge is 0.487 e. The summed E-state index contributed by atoms with van der Waals surface area (Å²) in [6.45, 7) is 6.79. The Morgan fingerprint density at radius 3 is 2.38 bits per heavy atom. The molecule has 0 saturated carbocycles. The van der Waals surface area contributed by atoms with E-state index in [1.165, 1.54) is 0 Å². The van der Waals surface area contributed by atoms with Crippen LogP contribution in [-0.4, -0.2) is 53.5 Å². The van der Waals surface area contributed by atoms with E-state index in [1.807, 2.05) is 72.2 Å². The van der Waals surface area contributed by atoms with Gasteiger partial charge in [0.2, 0.25) is 5.91 Å². The molecule has 1 fully saturated rings. The summed E-state index contributed by atoms with van der Waals surface area (Å²) in [7, 11) is 0. The maximum absolute atomic E-state index is 12.9. The van der Waals surface area contributed by atoms with Crippen LogP contribution in [0.5, 0.6) is 5.75 Å². The Kier molecular flexibility index (Phi) is 6.68. The van der Waals surface area contributed by atoms with Crippen LogP contribution in [0.4, 0.5) is 10.5 Å². The molecular weight excluding hydrogens is 402 g/mol. The van der Waals surface area contributed by atoms with Gasteiger partial charge >= 0.3 is 6.03 Å². The van der Waals surface area contributed by atoms with E-state index in [0.717, 1.165) is 49.4 Å². The zero-order valence-electron chi connectivity index (χ0n) is 19.0. The molecule has 1 N–H and O–H groups in total. The van der Waals surface area contributed by atoms with Gasteiger partial charge in [-0.15, -0.1) is 0 Å². The van der Waals surface area contributed by atoms with Crippen molar-refractivity contribution < 1.29 is 14.3 Å². The van der Waals surface area contributed by atoms with E-state index >= 15 is 0 Å². The summed E-state index contributed by atoms with van der Waals surface area (Å²) in [6, 6.07) is 17.6. The quantitative estimate of drug-likeness (QED) is 0.728. The third-order valence-corrected chi connectivity index (χ3v) is 6.83. The van der Waals surface area contributed by atoms with Crippen molar-refractivity contribution in [2.24, 2.45) is 0 Å². The smallest absolute Gasteiger partial charge is 0.321 e. The van der Waals surface area contributed by atoms with E-state index in [2.05, 4.69) is 11.4 Å². The molecule has 0 aromatic heterocycles. The Balaban J connectivity index is 1.45. The lowest BCUT2D eigenvalue weighted by molar-refractivity contribution is -0.131. The minimum Gasteiger partial charge on any atom is -0.487 e. The monoisotopic (exact) mass is 435 g/mol. The highest BCUT2D eigenvalue weighted by molar-refractivity contribution is 5.89. The maximum atomic E-state index is 12.9. The SMILES string of the molecule is CCN(CC)C(=O)C[C@@H]1CC2(CCN(C(=O)Nc3ccccc3)CC2)Oc2ccccc21. The molecule has 3 amide bonds. The summed E-state index contributed by atoms with van der Waals surface area (Å²) >= 11 is 0. The fourth-order valence-electron chi connectivity index (χ4n) is 4.99. The summed E-state index contributed by atoms with van der Waals surface area (Å²) in [6.07, 6.45) is 2.84. The topological polar surface area (TPSA) is 61.9 Å². The van der Waals surface area contributed by atoms with E-state index in [9.17, 15) is 9.59 Å².